The molecule has 0 bridgehead atoms. The van der Waals surface area contributed by atoms with Crippen LogP contribution in [0.2, 0.25) is 5.02 Å². The average molecular weight is 197 g/mol. The molecule has 0 aromatic heterocycles. The summed E-state index contributed by atoms with van der Waals surface area (Å²) >= 11 is 5.78. The van der Waals surface area contributed by atoms with E-state index in [-0.39, 0.29) is 11.9 Å². The number of hydrogen-bond donors (Lipinski definition) is 2. The van der Waals surface area contributed by atoms with Crippen molar-refractivity contribution < 1.29 is 4.79 Å². The van der Waals surface area contributed by atoms with Crippen molar-refractivity contribution in [2.75, 3.05) is 5.32 Å². The van der Waals surface area contributed by atoms with Crippen LogP contribution in [-0.2, 0) is 4.79 Å². The number of anilines is 1. The first-order chi connectivity index (χ1) is 6.16. The minimum Gasteiger partial charge on any atom is -0.326 e. The van der Waals surface area contributed by atoms with Crippen molar-refractivity contribution >= 4 is 23.2 Å². The van der Waals surface area contributed by atoms with Crippen LogP contribution in [0.25, 0.3) is 0 Å². The highest BCUT2D eigenvalue weighted by Crippen LogP contribution is 2.30. The van der Waals surface area contributed by atoms with Crippen molar-refractivity contribution in [1.82, 2.24) is 0 Å². The summed E-state index contributed by atoms with van der Waals surface area (Å²) in [5.74, 6) is -0.0535. The zero-order valence-electron chi connectivity index (χ0n) is 6.88. The minimum absolute atomic E-state index is 0.0535. The maximum absolute atomic E-state index is 11.1. The number of carbonyl (C=O) groups is 1. The van der Waals surface area contributed by atoms with Gasteiger partial charge in [0, 0.05) is 23.2 Å². The topological polar surface area (TPSA) is 55.1 Å². The van der Waals surface area contributed by atoms with E-state index in [1.54, 1.807) is 12.1 Å². The van der Waals surface area contributed by atoms with E-state index in [1.807, 2.05) is 6.07 Å². The number of hydrogen-bond acceptors (Lipinski definition) is 2. The summed E-state index contributed by atoms with van der Waals surface area (Å²) in [5, 5.41) is 3.33. The van der Waals surface area contributed by atoms with E-state index in [4.69, 9.17) is 17.3 Å². The van der Waals surface area contributed by atoms with E-state index >= 15 is 0 Å². The molecule has 0 saturated carbocycles. The summed E-state index contributed by atoms with van der Waals surface area (Å²) < 4.78 is 0. The molecule has 2 rings (SSSR count). The Morgan fingerprint density at radius 3 is 3.08 bits per heavy atom. The molecule has 0 spiro atoms. The molecule has 1 aliphatic rings. The van der Waals surface area contributed by atoms with Gasteiger partial charge >= 0.3 is 0 Å². The van der Waals surface area contributed by atoms with Crippen molar-refractivity contribution in [2.24, 2.45) is 5.73 Å². The predicted molar refractivity (Wildman–Crippen MR) is 51.6 cm³/mol. The number of carbonyl (C=O) groups excluding carboxylic acids is 1. The lowest BCUT2D eigenvalue weighted by Gasteiger charge is -2.22. The Bertz CT molecular complexity index is 365. The molecule has 68 valence electrons. The molecular weight excluding hydrogens is 188 g/mol. The van der Waals surface area contributed by atoms with E-state index < -0.39 is 0 Å². The van der Waals surface area contributed by atoms with Gasteiger partial charge in [-0.05, 0) is 17.7 Å². The number of fused-ring (bicyclic) bond motifs is 1. The van der Waals surface area contributed by atoms with Crippen LogP contribution in [0.5, 0.6) is 0 Å². The van der Waals surface area contributed by atoms with Crippen LogP contribution in [0.1, 0.15) is 18.0 Å². The SMILES string of the molecule is NC1CC(=O)Nc2cc(Cl)ccc21. The number of nitrogens with one attached hydrogen (secondary N) is 1. The Morgan fingerprint density at radius 1 is 1.54 bits per heavy atom. The van der Waals surface area contributed by atoms with Crippen LogP contribution in [0.15, 0.2) is 18.2 Å². The average Bonchev–Trinajstić information content (AvgIpc) is 2.02. The van der Waals surface area contributed by atoms with E-state index in [2.05, 4.69) is 5.32 Å². The normalized spacial score (nSPS) is 20.8. The summed E-state index contributed by atoms with van der Waals surface area (Å²) in [5.41, 5.74) is 7.46. The van der Waals surface area contributed by atoms with E-state index in [1.165, 1.54) is 0 Å². The lowest BCUT2D eigenvalue weighted by Crippen LogP contribution is -2.27. The molecule has 0 fully saturated rings. The lowest BCUT2D eigenvalue weighted by molar-refractivity contribution is -0.116. The Morgan fingerprint density at radius 2 is 2.31 bits per heavy atom. The number of amides is 1. The molecule has 1 aliphatic heterocycles. The highest BCUT2D eigenvalue weighted by molar-refractivity contribution is 6.31. The second-order valence-electron chi connectivity index (χ2n) is 3.09. The van der Waals surface area contributed by atoms with Gasteiger partial charge in [0.25, 0.3) is 0 Å². The van der Waals surface area contributed by atoms with Crippen LogP contribution in [-0.4, -0.2) is 5.91 Å². The Kier molecular flexibility index (Phi) is 1.98. The second-order valence-corrected chi connectivity index (χ2v) is 3.53. The number of halogens is 1. The van der Waals surface area contributed by atoms with Gasteiger partial charge in [0.05, 0.1) is 0 Å². The maximum Gasteiger partial charge on any atom is 0.226 e. The van der Waals surface area contributed by atoms with E-state index in [9.17, 15) is 4.79 Å². The lowest BCUT2D eigenvalue weighted by atomic mass is 9.98. The van der Waals surface area contributed by atoms with Crippen molar-refractivity contribution in [3.05, 3.63) is 28.8 Å². The molecule has 1 atom stereocenters. The number of nitrogens with two attached hydrogens (primary N) is 1. The van der Waals surface area contributed by atoms with Crippen molar-refractivity contribution in [1.29, 1.82) is 0 Å². The molecule has 1 amide bonds. The first-order valence-corrected chi connectivity index (χ1v) is 4.39. The molecule has 1 aromatic carbocycles. The second kappa shape index (κ2) is 3.01. The molecule has 1 heterocycles. The van der Waals surface area contributed by atoms with Crippen molar-refractivity contribution in [3.8, 4) is 0 Å². The molecule has 1 aromatic rings. The molecule has 4 heteroatoms. The molecule has 3 nitrogen and oxygen atoms in total. The minimum atomic E-state index is -0.207. The highest BCUT2D eigenvalue weighted by atomic mass is 35.5. The first kappa shape index (κ1) is 8.53. The van der Waals surface area contributed by atoms with Crippen molar-refractivity contribution in [3.63, 3.8) is 0 Å². The summed E-state index contributed by atoms with van der Waals surface area (Å²) in [6.07, 6.45) is 0.342. The van der Waals surface area contributed by atoms with Crippen LogP contribution >= 0.6 is 11.6 Å². The molecule has 0 radical (unpaired) electrons. The quantitative estimate of drug-likeness (QED) is 0.664. The van der Waals surface area contributed by atoms with Crippen LogP contribution < -0.4 is 11.1 Å². The van der Waals surface area contributed by atoms with Gasteiger partial charge in [0.1, 0.15) is 0 Å². The van der Waals surface area contributed by atoms with Crippen LogP contribution in [0, 0.1) is 0 Å². The van der Waals surface area contributed by atoms with E-state index in [0.717, 1.165) is 11.3 Å². The summed E-state index contributed by atoms with van der Waals surface area (Å²) in [6, 6.07) is 5.13. The van der Waals surface area contributed by atoms with Gasteiger partial charge in [-0.25, -0.2) is 0 Å². The van der Waals surface area contributed by atoms with Crippen LogP contribution in [0.4, 0.5) is 5.69 Å². The molecule has 3 N–H and O–H groups in total. The highest BCUT2D eigenvalue weighted by Gasteiger charge is 2.21. The monoisotopic (exact) mass is 196 g/mol. The summed E-state index contributed by atoms with van der Waals surface area (Å²) in [7, 11) is 0. The number of benzene rings is 1. The van der Waals surface area contributed by atoms with Crippen LogP contribution in [0.3, 0.4) is 0 Å². The fourth-order valence-corrected chi connectivity index (χ4v) is 1.64. The third-order valence-corrected chi connectivity index (χ3v) is 2.33. The third kappa shape index (κ3) is 1.53. The summed E-state index contributed by atoms with van der Waals surface area (Å²) in [6.45, 7) is 0. The maximum atomic E-state index is 11.1. The Labute approximate surface area is 80.9 Å². The van der Waals surface area contributed by atoms with Gasteiger partial charge in [-0.15, -0.1) is 0 Å². The standard InChI is InChI=1S/C9H9ClN2O/c10-5-1-2-6-7(11)4-9(13)12-8(6)3-5/h1-3,7H,4,11H2,(H,12,13). The van der Waals surface area contributed by atoms with Gasteiger partial charge < -0.3 is 11.1 Å². The Balaban J connectivity index is 2.49. The molecule has 1 unspecified atom stereocenters. The third-order valence-electron chi connectivity index (χ3n) is 2.09. The molecular formula is C9H9ClN2O. The van der Waals surface area contributed by atoms with Gasteiger partial charge in [-0.2, -0.15) is 0 Å². The fraction of sp³-hybridized carbons (Fsp3) is 0.222. The molecule has 0 aliphatic carbocycles. The Hall–Kier alpha value is -1.06. The van der Waals surface area contributed by atoms with E-state index in [0.29, 0.717) is 11.4 Å². The predicted octanol–water partition coefficient (Wildman–Crippen LogP) is 1.68. The van der Waals surface area contributed by atoms with Gasteiger partial charge in [0.2, 0.25) is 5.91 Å². The van der Waals surface area contributed by atoms with Gasteiger partial charge in [0.15, 0.2) is 0 Å². The molecule has 0 saturated heterocycles. The number of rotatable bonds is 0. The van der Waals surface area contributed by atoms with Gasteiger partial charge in [-0.3, -0.25) is 4.79 Å². The fourth-order valence-electron chi connectivity index (χ4n) is 1.47. The summed E-state index contributed by atoms with van der Waals surface area (Å²) in [4.78, 5) is 11.1. The zero-order chi connectivity index (χ0) is 9.42. The largest absolute Gasteiger partial charge is 0.326 e. The smallest absolute Gasteiger partial charge is 0.226 e. The molecule has 13 heavy (non-hydrogen) atoms. The zero-order valence-corrected chi connectivity index (χ0v) is 7.64. The first-order valence-electron chi connectivity index (χ1n) is 4.01. The van der Waals surface area contributed by atoms with Crippen molar-refractivity contribution in [2.45, 2.75) is 12.5 Å². The van der Waals surface area contributed by atoms with Gasteiger partial charge in [-0.1, -0.05) is 17.7 Å².